The summed E-state index contributed by atoms with van der Waals surface area (Å²) in [6.45, 7) is 17.7. The van der Waals surface area contributed by atoms with E-state index < -0.39 is 0 Å². The third kappa shape index (κ3) is 5.45. The molecule has 4 heterocycles. The monoisotopic (exact) mass is 509 g/mol. The molecule has 1 N–H and O–H groups in total. The highest BCUT2D eigenvalue weighted by Gasteiger charge is 2.40. The second kappa shape index (κ2) is 11.0. The molecule has 0 aliphatic carbocycles. The van der Waals surface area contributed by atoms with Crippen molar-refractivity contribution in [3.05, 3.63) is 34.4 Å². The lowest BCUT2D eigenvalue weighted by atomic mass is 9.89. The highest BCUT2D eigenvalue weighted by Crippen LogP contribution is 2.35. The molecule has 0 radical (unpaired) electrons. The average molecular weight is 510 g/mol. The quantitative estimate of drug-likeness (QED) is 0.615. The van der Waals surface area contributed by atoms with Crippen LogP contribution in [-0.4, -0.2) is 65.4 Å². The Labute approximate surface area is 222 Å². The van der Waals surface area contributed by atoms with Crippen LogP contribution in [0, 0.1) is 11.8 Å². The second-order valence-corrected chi connectivity index (χ2v) is 12.2. The highest BCUT2D eigenvalue weighted by atomic mass is 16.5. The Hall–Kier alpha value is -1.96. The van der Waals surface area contributed by atoms with Crippen molar-refractivity contribution in [3.63, 3.8) is 0 Å². The maximum atomic E-state index is 13.9. The number of aromatic nitrogens is 2. The minimum atomic E-state index is -0.0975. The molecule has 37 heavy (non-hydrogen) atoms. The number of hydrogen-bond acceptors (Lipinski definition) is 6. The molecule has 3 fully saturated rings. The standard InChI is InChI=1S/C30H47N5O2/c1-6-8-27(33-17-21(3)15-22(4)18-33)28-32-26-10-9-24(16-25(26)29(36)35(28)7-2)34-19-23(5)37-30(20-34)11-13-31-14-12-30/h9-10,16,21-23,27,31H,6-8,11-15,17-20H2,1-5H3/t21-,22+,23-,27-/m0/s1. The summed E-state index contributed by atoms with van der Waals surface area (Å²) < 4.78 is 8.44. The van der Waals surface area contributed by atoms with E-state index >= 15 is 0 Å². The molecule has 4 atom stereocenters. The van der Waals surface area contributed by atoms with Crippen LogP contribution in [0.3, 0.4) is 0 Å². The zero-order valence-corrected chi connectivity index (χ0v) is 23.6. The van der Waals surface area contributed by atoms with Crippen LogP contribution in [0.2, 0.25) is 0 Å². The van der Waals surface area contributed by atoms with Gasteiger partial charge in [-0.05, 0) is 82.7 Å². The van der Waals surface area contributed by atoms with E-state index in [1.807, 2.05) is 4.57 Å². The maximum Gasteiger partial charge on any atom is 0.261 e. The van der Waals surface area contributed by atoms with E-state index in [1.54, 1.807) is 0 Å². The summed E-state index contributed by atoms with van der Waals surface area (Å²) >= 11 is 0. The molecule has 3 aliphatic rings. The molecule has 1 aromatic heterocycles. The Balaban J connectivity index is 1.51. The number of likely N-dealkylation sites (tertiary alicyclic amines) is 1. The summed E-state index contributed by atoms with van der Waals surface area (Å²) in [7, 11) is 0. The number of piperidine rings is 2. The Morgan fingerprint density at radius 1 is 1.11 bits per heavy atom. The van der Waals surface area contributed by atoms with Crippen molar-refractivity contribution in [1.29, 1.82) is 0 Å². The van der Waals surface area contributed by atoms with Gasteiger partial charge < -0.3 is 15.0 Å². The summed E-state index contributed by atoms with van der Waals surface area (Å²) in [5.41, 5.74) is 1.94. The predicted octanol–water partition coefficient (Wildman–Crippen LogP) is 4.58. The van der Waals surface area contributed by atoms with Crippen LogP contribution in [0.15, 0.2) is 23.0 Å². The molecule has 0 unspecified atom stereocenters. The topological polar surface area (TPSA) is 62.6 Å². The van der Waals surface area contributed by atoms with Gasteiger partial charge in [0.05, 0.1) is 28.6 Å². The Kier molecular flexibility index (Phi) is 7.94. The van der Waals surface area contributed by atoms with E-state index in [4.69, 9.17) is 9.72 Å². The number of hydrogen-bond donors (Lipinski definition) is 1. The second-order valence-electron chi connectivity index (χ2n) is 12.2. The van der Waals surface area contributed by atoms with Crippen LogP contribution in [0.25, 0.3) is 10.9 Å². The lowest BCUT2D eigenvalue weighted by Crippen LogP contribution is -2.58. The van der Waals surface area contributed by atoms with Gasteiger partial charge in [-0.15, -0.1) is 0 Å². The maximum absolute atomic E-state index is 13.9. The fourth-order valence-corrected chi connectivity index (χ4v) is 7.28. The van der Waals surface area contributed by atoms with Crippen LogP contribution in [0.1, 0.15) is 78.6 Å². The van der Waals surface area contributed by atoms with Gasteiger partial charge in [0.25, 0.3) is 5.56 Å². The number of rotatable bonds is 6. The molecule has 3 aliphatic heterocycles. The zero-order valence-electron chi connectivity index (χ0n) is 23.6. The van der Waals surface area contributed by atoms with Crippen LogP contribution in [0.4, 0.5) is 5.69 Å². The van der Waals surface area contributed by atoms with E-state index in [2.05, 4.69) is 67.9 Å². The smallest absolute Gasteiger partial charge is 0.261 e. The van der Waals surface area contributed by atoms with Crippen molar-refractivity contribution in [2.45, 2.75) is 91.0 Å². The van der Waals surface area contributed by atoms with E-state index in [0.29, 0.717) is 18.4 Å². The summed E-state index contributed by atoms with van der Waals surface area (Å²) in [5.74, 6) is 2.30. The fourth-order valence-electron chi connectivity index (χ4n) is 7.28. The van der Waals surface area contributed by atoms with Gasteiger partial charge in [-0.1, -0.05) is 27.2 Å². The summed E-state index contributed by atoms with van der Waals surface area (Å²) in [6, 6.07) is 6.52. The van der Waals surface area contributed by atoms with E-state index in [9.17, 15) is 4.79 Å². The van der Waals surface area contributed by atoms with Crippen molar-refractivity contribution < 1.29 is 4.74 Å². The number of benzene rings is 1. The largest absolute Gasteiger partial charge is 0.368 e. The van der Waals surface area contributed by atoms with Crippen LogP contribution >= 0.6 is 0 Å². The lowest BCUT2D eigenvalue weighted by Gasteiger charge is -2.48. The zero-order chi connectivity index (χ0) is 26.2. The normalized spacial score (nSPS) is 27.6. The van der Waals surface area contributed by atoms with Gasteiger partial charge in [0.1, 0.15) is 5.82 Å². The minimum Gasteiger partial charge on any atom is -0.368 e. The molecule has 1 aromatic carbocycles. The highest BCUT2D eigenvalue weighted by molar-refractivity contribution is 5.82. The lowest BCUT2D eigenvalue weighted by molar-refractivity contribution is -0.113. The van der Waals surface area contributed by atoms with Gasteiger partial charge in [0.15, 0.2) is 0 Å². The molecule has 1 spiro atoms. The number of nitrogens with one attached hydrogen (secondary N) is 1. The molecule has 0 bridgehead atoms. The van der Waals surface area contributed by atoms with Gasteiger partial charge in [-0.3, -0.25) is 14.3 Å². The predicted molar refractivity (Wildman–Crippen MR) is 151 cm³/mol. The molecule has 7 nitrogen and oxygen atoms in total. The number of nitrogens with zero attached hydrogens (tertiary/aromatic N) is 4. The number of morpholine rings is 1. The van der Waals surface area contributed by atoms with Gasteiger partial charge in [0, 0.05) is 38.4 Å². The summed E-state index contributed by atoms with van der Waals surface area (Å²) in [6.07, 6.45) is 5.61. The first-order chi connectivity index (χ1) is 17.8. The van der Waals surface area contributed by atoms with Gasteiger partial charge in [0.2, 0.25) is 0 Å². The van der Waals surface area contributed by atoms with Gasteiger partial charge in [-0.2, -0.15) is 0 Å². The first-order valence-corrected chi connectivity index (χ1v) is 14.7. The Morgan fingerprint density at radius 2 is 1.84 bits per heavy atom. The van der Waals surface area contributed by atoms with E-state index in [1.165, 1.54) is 6.42 Å². The minimum absolute atomic E-state index is 0.0975. The van der Waals surface area contributed by atoms with Gasteiger partial charge in [-0.25, -0.2) is 4.98 Å². The molecule has 0 amide bonds. The van der Waals surface area contributed by atoms with E-state index in [-0.39, 0.29) is 23.3 Å². The molecule has 204 valence electrons. The molecule has 3 saturated heterocycles. The number of ether oxygens (including phenoxy) is 1. The number of fused-ring (bicyclic) bond motifs is 1. The third-order valence-corrected chi connectivity index (χ3v) is 8.77. The summed E-state index contributed by atoms with van der Waals surface area (Å²) in [5, 5.41) is 4.20. The third-order valence-electron chi connectivity index (χ3n) is 8.77. The van der Waals surface area contributed by atoms with Gasteiger partial charge >= 0.3 is 0 Å². The van der Waals surface area contributed by atoms with Crippen LogP contribution < -0.4 is 15.8 Å². The van der Waals surface area contributed by atoms with Crippen LogP contribution in [0.5, 0.6) is 0 Å². The molecule has 5 rings (SSSR count). The molecule has 0 saturated carbocycles. The molecular formula is C30H47N5O2. The average Bonchev–Trinajstić information content (AvgIpc) is 2.86. The molecule has 2 aromatic rings. The van der Waals surface area contributed by atoms with Crippen molar-refractivity contribution in [3.8, 4) is 0 Å². The summed E-state index contributed by atoms with van der Waals surface area (Å²) in [4.78, 5) is 24.2. The Morgan fingerprint density at radius 3 is 2.51 bits per heavy atom. The van der Waals surface area contributed by atoms with Crippen molar-refractivity contribution >= 4 is 16.6 Å². The molecule has 7 heteroatoms. The van der Waals surface area contributed by atoms with Crippen molar-refractivity contribution in [2.75, 3.05) is 44.2 Å². The van der Waals surface area contributed by atoms with Crippen molar-refractivity contribution in [1.82, 2.24) is 19.8 Å². The first kappa shape index (κ1) is 26.6. The first-order valence-electron chi connectivity index (χ1n) is 14.7. The SMILES string of the molecule is CCC[C@@H](c1nc2ccc(N3C[C@H](C)OC4(CCNCC4)C3)cc2c(=O)n1CC)N1C[C@H](C)C[C@H](C)C1. The van der Waals surface area contributed by atoms with Crippen molar-refractivity contribution in [2.24, 2.45) is 11.8 Å². The van der Waals surface area contributed by atoms with E-state index in [0.717, 1.165) is 87.4 Å². The Bertz CT molecular complexity index is 1130. The molecular weight excluding hydrogens is 462 g/mol. The fraction of sp³-hybridized carbons (Fsp3) is 0.733. The number of anilines is 1. The van der Waals surface area contributed by atoms with Crippen LogP contribution in [-0.2, 0) is 11.3 Å².